The van der Waals surface area contributed by atoms with Gasteiger partial charge in [-0.05, 0) is 37.5 Å². The first-order valence-electron chi connectivity index (χ1n) is 8.97. The summed E-state index contributed by atoms with van der Waals surface area (Å²) in [6.45, 7) is 9.52. The Balaban J connectivity index is 1.62. The van der Waals surface area contributed by atoms with Gasteiger partial charge >= 0.3 is 0 Å². The van der Waals surface area contributed by atoms with Gasteiger partial charge in [-0.2, -0.15) is 0 Å². The highest BCUT2D eigenvalue weighted by Crippen LogP contribution is 2.36. The van der Waals surface area contributed by atoms with Crippen LogP contribution in [-0.2, 0) is 16.1 Å². The molecular weight excluding hydrogens is 316 g/mol. The van der Waals surface area contributed by atoms with E-state index in [0.717, 1.165) is 38.2 Å². The number of carbonyl (C=O) groups is 1. The fourth-order valence-corrected chi connectivity index (χ4v) is 3.99. The normalized spacial score (nSPS) is 23.7. The molecule has 3 rings (SSSR count). The minimum atomic E-state index is -0.220. The monoisotopic (exact) mass is 344 g/mol. The zero-order valence-corrected chi connectivity index (χ0v) is 15.2. The van der Waals surface area contributed by atoms with Crippen LogP contribution in [0.3, 0.4) is 0 Å². The third-order valence-corrected chi connectivity index (χ3v) is 5.60. The largest absolute Gasteiger partial charge is 0.497 e. The van der Waals surface area contributed by atoms with E-state index in [2.05, 4.69) is 30.5 Å². The summed E-state index contributed by atoms with van der Waals surface area (Å²) in [5.74, 6) is 0.964. The van der Waals surface area contributed by atoms with Gasteiger partial charge in [0.25, 0.3) is 0 Å². The highest BCUT2D eigenvalue weighted by Gasteiger charge is 2.47. The zero-order chi connectivity index (χ0) is 17.9. The van der Waals surface area contributed by atoms with E-state index in [9.17, 15) is 4.79 Å². The van der Waals surface area contributed by atoms with Gasteiger partial charge in [-0.1, -0.05) is 18.2 Å². The number of rotatable bonds is 5. The molecule has 0 bridgehead atoms. The number of carbonyl (C=O) groups excluding carboxylic acids is 1. The van der Waals surface area contributed by atoms with E-state index in [1.165, 1.54) is 5.56 Å². The summed E-state index contributed by atoms with van der Waals surface area (Å²) in [6.07, 6.45) is 3.68. The fraction of sp³-hybridized carbons (Fsp3) is 0.550. The van der Waals surface area contributed by atoms with E-state index in [1.54, 1.807) is 13.2 Å². The number of likely N-dealkylation sites (tertiary alicyclic amines) is 1. The first-order chi connectivity index (χ1) is 12.1. The quantitative estimate of drug-likeness (QED) is 0.770. The lowest BCUT2D eigenvalue weighted by atomic mass is 9.82. The van der Waals surface area contributed by atoms with Gasteiger partial charge in [0.05, 0.1) is 18.8 Å². The van der Waals surface area contributed by atoms with Crippen LogP contribution in [0, 0.1) is 0 Å². The van der Waals surface area contributed by atoms with Gasteiger partial charge in [0.15, 0.2) is 0 Å². The standard InChI is InChI=1S/C20H28N2O3/c1-4-10-22-16(2)20(25-15-19(22)23)8-11-21(12-9-20)14-17-6-5-7-18(13-17)24-3/h4-7,13,16H,1,8-12,14-15H2,2-3H3. The molecule has 2 fully saturated rings. The minimum Gasteiger partial charge on any atom is -0.497 e. The number of ether oxygens (including phenoxy) is 2. The van der Waals surface area contributed by atoms with Crippen molar-refractivity contribution in [2.75, 3.05) is 33.4 Å². The number of nitrogens with zero attached hydrogens (tertiary/aromatic N) is 2. The lowest BCUT2D eigenvalue weighted by molar-refractivity contribution is -0.185. The second kappa shape index (κ2) is 7.58. The van der Waals surface area contributed by atoms with Gasteiger partial charge in [0.2, 0.25) is 5.91 Å². The van der Waals surface area contributed by atoms with Crippen LogP contribution < -0.4 is 4.74 Å². The van der Waals surface area contributed by atoms with Crippen LogP contribution >= 0.6 is 0 Å². The lowest BCUT2D eigenvalue weighted by Crippen LogP contribution is -2.63. The number of methoxy groups -OCH3 is 1. The molecule has 2 aliphatic rings. The summed E-state index contributed by atoms with van der Waals surface area (Å²) in [6, 6.07) is 8.32. The number of amides is 1. The predicted molar refractivity (Wildman–Crippen MR) is 97.6 cm³/mol. The molecule has 1 spiro atoms. The highest BCUT2D eigenvalue weighted by molar-refractivity contribution is 5.79. The SMILES string of the molecule is C=CCN1C(=O)COC2(CCN(Cc3cccc(OC)c3)CC2)C1C. The smallest absolute Gasteiger partial charge is 0.249 e. The van der Waals surface area contributed by atoms with Crippen LogP contribution in [0.25, 0.3) is 0 Å². The molecule has 2 aliphatic heterocycles. The van der Waals surface area contributed by atoms with Crippen LogP contribution in [0.5, 0.6) is 5.75 Å². The van der Waals surface area contributed by atoms with Gasteiger partial charge in [-0.3, -0.25) is 9.69 Å². The molecule has 1 unspecified atom stereocenters. The Labute approximate surface area is 150 Å². The number of hydrogen-bond acceptors (Lipinski definition) is 4. The molecule has 0 N–H and O–H groups in total. The molecule has 0 saturated carbocycles. The molecule has 2 heterocycles. The van der Waals surface area contributed by atoms with Crippen molar-refractivity contribution in [1.82, 2.24) is 9.80 Å². The Morgan fingerprint density at radius 1 is 1.40 bits per heavy atom. The van der Waals surface area contributed by atoms with Gasteiger partial charge in [0.1, 0.15) is 12.4 Å². The third kappa shape index (κ3) is 3.72. The first-order valence-corrected chi connectivity index (χ1v) is 8.97. The van der Waals surface area contributed by atoms with Gasteiger partial charge in [-0.15, -0.1) is 6.58 Å². The van der Waals surface area contributed by atoms with Crippen molar-refractivity contribution < 1.29 is 14.3 Å². The van der Waals surface area contributed by atoms with E-state index < -0.39 is 0 Å². The summed E-state index contributed by atoms with van der Waals surface area (Å²) >= 11 is 0. The third-order valence-electron chi connectivity index (χ3n) is 5.60. The topological polar surface area (TPSA) is 42.0 Å². The van der Waals surface area contributed by atoms with Crippen LogP contribution in [0.2, 0.25) is 0 Å². The minimum absolute atomic E-state index is 0.0665. The maximum absolute atomic E-state index is 12.1. The molecule has 0 radical (unpaired) electrons. The van der Waals surface area contributed by atoms with Crippen molar-refractivity contribution in [2.45, 2.75) is 38.0 Å². The number of morpholine rings is 1. The van der Waals surface area contributed by atoms with Gasteiger partial charge in [-0.25, -0.2) is 0 Å². The molecule has 1 aromatic rings. The van der Waals surface area contributed by atoms with Crippen molar-refractivity contribution in [3.63, 3.8) is 0 Å². The summed E-state index contributed by atoms with van der Waals surface area (Å²) in [5.41, 5.74) is 1.04. The fourth-order valence-electron chi connectivity index (χ4n) is 3.99. The van der Waals surface area contributed by atoms with Crippen molar-refractivity contribution >= 4 is 5.91 Å². The first kappa shape index (κ1) is 18.0. The molecule has 1 atom stereocenters. The summed E-state index contributed by atoms with van der Waals surface area (Å²) < 4.78 is 11.4. The Morgan fingerprint density at radius 2 is 2.16 bits per heavy atom. The summed E-state index contributed by atoms with van der Waals surface area (Å²) in [5, 5.41) is 0. The molecule has 1 amide bonds. The molecule has 136 valence electrons. The van der Waals surface area contributed by atoms with E-state index in [1.807, 2.05) is 17.0 Å². The van der Waals surface area contributed by atoms with E-state index in [0.29, 0.717) is 6.54 Å². The van der Waals surface area contributed by atoms with E-state index >= 15 is 0 Å². The molecule has 5 heteroatoms. The van der Waals surface area contributed by atoms with Crippen molar-refractivity contribution in [1.29, 1.82) is 0 Å². The maximum Gasteiger partial charge on any atom is 0.249 e. The maximum atomic E-state index is 12.1. The molecule has 0 aromatic heterocycles. The molecule has 2 saturated heterocycles. The Bertz CT molecular complexity index is 623. The predicted octanol–water partition coefficient (Wildman–Crippen LogP) is 2.46. The van der Waals surface area contributed by atoms with Crippen LogP contribution in [0.1, 0.15) is 25.3 Å². The number of piperidine rings is 1. The van der Waals surface area contributed by atoms with Crippen LogP contribution in [0.15, 0.2) is 36.9 Å². The van der Waals surface area contributed by atoms with Crippen molar-refractivity contribution in [2.24, 2.45) is 0 Å². The second-order valence-electron chi connectivity index (χ2n) is 6.99. The summed E-state index contributed by atoms with van der Waals surface area (Å²) in [4.78, 5) is 16.5. The Morgan fingerprint density at radius 3 is 2.84 bits per heavy atom. The molecule has 25 heavy (non-hydrogen) atoms. The average molecular weight is 344 g/mol. The Kier molecular flexibility index (Phi) is 5.45. The van der Waals surface area contributed by atoms with E-state index in [4.69, 9.17) is 9.47 Å². The molecular formula is C20H28N2O3. The Hall–Kier alpha value is -1.85. The number of benzene rings is 1. The average Bonchev–Trinajstić information content (AvgIpc) is 2.64. The van der Waals surface area contributed by atoms with Crippen molar-refractivity contribution in [3.8, 4) is 5.75 Å². The van der Waals surface area contributed by atoms with Crippen LogP contribution in [0.4, 0.5) is 0 Å². The lowest BCUT2D eigenvalue weighted by Gasteiger charge is -2.51. The van der Waals surface area contributed by atoms with Crippen molar-refractivity contribution in [3.05, 3.63) is 42.5 Å². The second-order valence-corrected chi connectivity index (χ2v) is 6.99. The highest BCUT2D eigenvalue weighted by atomic mass is 16.5. The molecule has 0 aliphatic carbocycles. The van der Waals surface area contributed by atoms with Crippen LogP contribution in [-0.4, -0.2) is 60.7 Å². The molecule has 1 aromatic carbocycles. The zero-order valence-electron chi connectivity index (χ0n) is 15.2. The summed E-state index contributed by atoms with van der Waals surface area (Å²) in [7, 11) is 1.70. The van der Waals surface area contributed by atoms with Gasteiger partial charge in [0, 0.05) is 26.2 Å². The van der Waals surface area contributed by atoms with Gasteiger partial charge < -0.3 is 14.4 Å². The number of hydrogen-bond donors (Lipinski definition) is 0. The van der Waals surface area contributed by atoms with E-state index in [-0.39, 0.29) is 24.2 Å². The molecule has 5 nitrogen and oxygen atoms in total.